The Balaban J connectivity index is 0.000000283. The molecule has 5 aliphatic carbocycles. The van der Waals surface area contributed by atoms with E-state index in [4.69, 9.17) is 31.9 Å². The summed E-state index contributed by atoms with van der Waals surface area (Å²) in [6, 6.07) is 31.0. The number of aromatic amines is 3. The maximum atomic E-state index is 12.6. The van der Waals surface area contributed by atoms with Crippen LogP contribution in [0.4, 0.5) is 0 Å². The summed E-state index contributed by atoms with van der Waals surface area (Å²) in [5, 5.41) is 56.5. The van der Waals surface area contributed by atoms with Crippen LogP contribution in [0.25, 0.3) is 0 Å². The van der Waals surface area contributed by atoms with Crippen LogP contribution in [0.1, 0.15) is 220 Å². The first-order chi connectivity index (χ1) is 40.9. The average molecular weight is 1230 g/mol. The van der Waals surface area contributed by atoms with Crippen molar-refractivity contribution >= 4 is 53.4 Å². The number of carboxylic acids is 1. The average Bonchev–Trinajstić information content (AvgIpc) is 3.04. The van der Waals surface area contributed by atoms with Crippen molar-refractivity contribution in [2.45, 2.75) is 175 Å². The molecule has 5 unspecified atom stereocenters. The van der Waals surface area contributed by atoms with Gasteiger partial charge in [-0.1, -0.05) is 106 Å². The fraction of sp³-hybridized carbons (Fsp3) is 0.420. The van der Waals surface area contributed by atoms with E-state index in [0.717, 1.165) is 159 Å². The van der Waals surface area contributed by atoms with Gasteiger partial charge < -0.3 is 56.5 Å². The summed E-state index contributed by atoms with van der Waals surface area (Å²) in [5.41, 5.74) is 14.4. The predicted molar refractivity (Wildman–Crippen MR) is 340 cm³/mol. The Morgan fingerprint density at radius 2 is 1.25 bits per heavy atom. The van der Waals surface area contributed by atoms with E-state index in [-0.39, 0.29) is 107 Å². The zero-order valence-electron chi connectivity index (χ0n) is 50.1. The molecule has 6 aliphatic rings. The zero-order chi connectivity index (χ0) is 59.4. The number of ketones is 2. The van der Waals surface area contributed by atoms with Gasteiger partial charge in [-0.2, -0.15) is 0 Å². The number of carbonyl (C=O) groups excluding carboxylic acids is 3. The summed E-state index contributed by atoms with van der Waals surface area (Å²) in [6.45, 7) is 1.21. The maximum Gasteiger partial charge on any atom is 1.00 e. The molecular weight excluding hydrogens is 1140 g/mol. The molecule has 9 N–H and O–H groups in total. The zero-order valence-corrected chi connectivity index (χ0v) is 51.0. The minimum atomic E-state index is -0.956. The van der Waals surface area contributed by atoms with Gasteiger partial charge in [0.1, 0.15) is 0 Å². The molecule has 2 aromatic heterocycles. The van der Waals surface area contributed by atoms with Gasteiger partial charge in [-0.15, -0.1) is 0 Å². The molecule has 88 heavy (non-hydrogen) atoms. The number of carboxylic acid groups (broad SMARTS) is 1. The van der Waals surface area contributed by atoms with Crippen molar-refractivity contribution < 1.29 is 79.6 Å². The number of ether oxygens (including phenoxy) is 2. The molecule has 0 bridgehead atoms. The van der Waals surface area contributed by atoms with Gasteiger partial charge in [0.25, 0.3) is 0 Å². The molecule has 0 amide bonds. The number of aromatic carboxylic acids is 1. The number of carbonyl (C=O) groups is 4. The van der Waals surface area contributed by atoms with Gasteiger partial charge in [0.2, 0.25) is 0 Å². The van der Waals surface area contributed by atoms with Crippen LogP contribution in [0.2, 0.25) is 0 Å². The molecule has 19 heteroatoms. The molecular formula is C69H87AlLiN4O12S. The molecule has 5 aromatic carbocycles. The Labute approximate surface area is 546 Å². The Kier molecular flexibility index (Phi) is 32.1. The van der Waals surface area contributed by atoms with E-state index in [1.54, 1.807) is 12.1 Å². The van der Waals surface area contributed by atoms with Gasteiger partial charge in [-0.3, -0.25) is 14.4 Å². The molecule has 16 nitrogen and oxygen atoms in total. The number of nitrogens with one attached hydrogen (secondary N) is 3. The number of aryl methyl sites for hydroxylation is 5. The number of hydrogen-bond acceptors (Lipinski definition) is 13. The van der Waals surface area contributed by atoms with Gasteiger partial charge in [0.15, 0.2) is 28.9 Å². The largest absolute Gasteiger partial charge is 1.00 e. The van der Waals surface area contributed by atoms with Gasteiger partial charge in [0, 0.05) is 59.3 Å². The fourth-order valence-electron chi connectivity index (χ4n) is 12.0. The van der Waals surface area contributed by atoms with Crippen molar-refractivity contribution in [3.8, 4) is 0 Å². The number of hydrogen-bond donors (Lipinski definition) is 9. The summed E-state index contributed by atoms with van der Waals surface area (Å²) < 4.78 is 12.0. The Morgan fingerprint density at radius 3 is 1.85 bits per heavy atom. The van der Waals surface area contributed by atoms with Crippen LogP contribution in [-0.2, 0) is 67.8 Å². The van der Waals surface area contributed by atoms with E-state index in [1.165, 1.54) is 29.2 Å². The van der Waals surface area contributed by atoms with Crippen molar-refractivity contribution in [2.75, 3.05) is 6.61 Å². The van der Waals surface area contributed by atoms with Crippen LogP contribution in [-0.4, -0.2) is 105 Å². The van der Waals surface area contributed by atoms with Crippen LogP contribution < -0.4 is 18.9 Å². The Hall–Kier alpha value is -5.93. The van der Waals surface area contributed by atoms with Crippen LogP contribution >= 0.6 is 12.2 Å². The van der Waals surface area contributed by atoms with Crippen molar-refractivity contribution in [3.05, 3.63) is 210 Å². The second kappa shape index (κ2) is 37.9. The normalized spacial score (nSPS) is 19.0. The summed E-state index contributed by atoms with van der Waals surface area (Å²) in [6.07, 6.45) is 21.0. The maximum absolute atomic E-state index is 12.6. The van der Waals surface area contributed by atoms with Gasteiger partial charge in [-0.05, 0) is 189 Å². The first kappa shape index (κ1) is 74.5. The van der Waals surface area contributed by atoms with Crippen molar-refractivity contribution in [1.82, 2.24) is 19.9 Å². The number of H-pyrrole nitrogens is 3. The number of nitrogens with zero attached hydrogens (tertiary/aromatic N) is 1. The van der Waals surface area contributed by atoms with Crippen molar-refractivity contribution in [1.29, 1.82) is 0 Å². The van der Waals surface area contributed by atoms with Crippen molar-refractivity contribution in [2.24, 2.45) is 5.92 Å². The number of aldehydes is 1. The first-order valence-electron chi connectivity index (χ1n) is 29.4. The summed E-state index contributed by atoms with van der Waals surface area (Å²) in [7, 11) is 0. The first-order valence-corrected chi connectivity index (χ1v) is 29.8. The van der Waals surface area contributed by atoms with E-state index in [0.29, 0.717) is 48.2 Å². The number of Topliss-reactive ketones (excluding diaryl/α,β-unsaturated/α-hetero) is 2. The van der Waals surface area contributed by atoms with E-state index in [2.05, 4.69) is 32.1 Å². The third-order valence-electron chi connectivity index (χ3n) is 16.2. The predicted octanol–water partition coefficient (Wildman–Crippen LogP) is 9.39. The molecule has 1 saturated heterocycles. The summed E-state index contributed by atoms with van der Waals surface area (Å²) in [5.74, 6) is -0.596. The van der Waals surface area contributed by atoms with Crippen LogP contribution in [0.15, 0.2) is 116 Å². The molecule has 0 spiro atoms. The fourth-order valence-corrected chi connectivity index (χ4v) is 12.2. The molecule has 5 atom stereocenters. The number of benzene rings is 5. The number of fused-ring (bicyclic) bond motifs is 5. The minimum absolute atomic E-state index is 0. The van der Waals surface area contributed by atoms with E-state index >= 15 is 0 Å². The Morgan fingerprint density at radius 1 is 0.659 bits per heavy atom. The SMILES string of the molecule is C.C.O=C(O)c1cccc2c1C(O)CCC2.O=C1CCCc2cccc(COC3CCCCO3)c21.O=C1c2c(CO)cccc2CCC1Cc1c[nH]c(=S)[nH]1.O=Cc1cnc[nH]1.OC1CCCc2ccccc21.OCc1cccc2c1C(O)CCC2.[Al].[H-].[Li+]. The van der Waals surface area contributed by atoms with Crippen LogP contribution in [0, 0.1) is 10.7 Å². The summed E-state index contributed by atoms with van der Waals surface area (Å²) >= 11 is 5.00. The van der Waals surface area contributed by atoms with Gasteiger partial charge in [-0.25, -0.2) is 9.78 Å². The standard InChI is InChI=1S/C16H20O3.C15H16N2O2S.C11H12O3.C11H14O2.C10H12O.C4H4N2O.2CH4.Al.Li.H/c17-14-8-4-6-12-5-3-7-13(16(12)14)11-19-15-9-1-2-10-18-15;18-8-11-3-1-2-9-4-5-10(14(19)13(9)11)6-12-7-16-15(20)17-12;12-9-6-2-4-7-3-1-5-8(10(7)9)11(13)14;12-7-9-5-1-3-8-4-2-6-10(13)11(8)9;11-10-7-3-5-8-4-1-2-6-9(8)10;7-2-4-1-5-3-6-4;;;;;/h3,5,7,15H,1-2,4,6,8-11H2;1-3,7,10,18H,4-6,8H2,(H2,16,17,20);1,3,5,9,12H,2,4,6H2,(H,13,14);1,3,5,10,12-13H,2,4,6-7H2;1-2,4,6,10-11H,3,5,7H2;1-3H,(H,5,6);2*1H4;;;/q;;;;;;;;;+1;-1. The minimum Gasteiger partial charge on any atom is -1.00 e. The number of aliphatic hydroxyl groups excluding tert-OH is 5. The molecule has 1 fully saturated rings. The number of imidazole rings is 2. The van der Waals surface area contributed by atoms with Crippen LogP contribution in [0.3, 0.4) is 0 Å². The third kappa shape index (κ3) is 20.3. The van der Waals surface area contributed by atoms with E-state index in [9.17, 15) is 39.6 Å². The summed E-state index contributed by atoms with van der Waals surface area (Å²) in [4.78, 5) is 57.6. The quantitative estimate of drug-likeness (QED) is 0.0370. The Bertz CT molecular complexity index is 3340. The molecule has 1 aliphatic heterocycles. The van der Waals surface area contributed by atoms with E-state index < -0.39 is 12.1 Å². The van der Waals surface area contributed by atoms with Gasteiger partial charge in [0.05, 0.1) is 61.9 Å². The van der Waals surface area contributed by atoms with Gasteiger partial charge >= 0.3 is 24.8 Å². The molecule has 13 rings (SSSR count). The molecule has 3 heterocycles. The second-order valence-electron chi connectivity index (χ2n) is 21.9. The molecule has 0 saturated carbocycles. The molecule has 465 valence electrons. The number of aromatic nitrogens is 4. The van der Waals surface area contributed by atoms with E-state index in [1.807, 2.05) is 79.0 Å². The number of rotatable bonds is 9. The monoisotopic (exact) mass is 1230 g/mol. The molecule has 3 radical (unpaired) electrons. The number of aliphatic hydroxyl groups is 5. The second-order valence-corrected chi connectivity index (χ2v) is 22.3. The van der Waals surface area contributed by atoms with Crippen LogP contribution in [0.5, 0.6) is 0 Å². The molecule has 7 aromatic rings. The topological polar surface area (TPSA) is 268 Å². The third-order valence-corrected chi connectivity index (χ3v) is 16.4. The van der Waals surface area contributed by atoms with Crippen molar-refractivity contribution in [3.63, 3.8) is 0 Å². The smallest absolute Gasteiger partial charge is 1.00 e.